The van der Waals surface area contributed by atoms with Crippen molar-refractivity contribution in [3.8, 4) is 17.3 Å². The summed E-state index contributed by atoms with van der Waals surface area (Å²) in [6.45, 7) is 11.4. The molecule has 1 saturated heterocycles. The van der Waals surface area contributed by atoms with Crippen molar-refractivity contribution >= 4 is 48.4 Å². The summed E-state index contributed by atoms with van der Waals surface area (Å²) in [5, 5.41) is 26.8. The van der Waals surface area contributed by atoms with Gasteiger partial charge in [-0.25, -0.2) is 9.69 Å². The minimum atomic E-state index is -2.03. The highest BCUT2D eigenvalue weighted by Gasteiger charge is 2.47. The van der Waals surface area contributed by atoms with E-state index in [9.17, 15) is 19.8 Å². The van der Waals surface area contributed by atoms with Crippen molar-refractivity contribution in [1.29, 1.82) is 0 Å². The summed E-state index contributed by atoms with van der Waals surface area (Å²) < 4.78 is 21.5. The van der Waals surface area contributed by atoms with Gasteiger partial charge in [0.05, 0.1) is 28.9 Å². The van der Waals surface area contributed by atoms with Gasteiger partial charge in [0.25, 0.3) is 0 Å². The molecule has 3 heterocycles. The number of aliphatic hydroxyl groups is 2. The van der Waals surface area contributed by atoms with Crippen molar-refractivity contribution in [2.75, 3.05) is 16.8 Å². The zero-order chi connectivity index (χ0) is 46.6. The van der Waals surface area contributed by atoms with E-state index in [0.29, 0.717) is 16.9 Å². The molecule has 2 amide bonds. The molecule has 0 spiro atoms. The van der Waals surface area contributed by atoms with E-state index in [1.165, 1.54) is 4.90 Å². The fourth-order valence-corrected chi connectivity index (χ4v) is 8.30. The Morgan fingerprint density at radius 3 is 1.70 bits per heavy atom. The normalized spacial score (nSPS) is 17.5. The second-order valence-corrected chi connectivity index (χ2v) is 23.0. The number of rotatable bonds is 11. The van der Waals surface area contributed by atoms with Gasteiger partial charge in [0.15, 0.2) is 11.9 Å². The molecule has 1 fully saturated rings. The van der Waals surface area contributed by atoms with Gasteiger partial charge in [-0.15, -0.1) is 5.54 Å². The summed E-state index contributed by atoms with van der Waals surface area (Å²) >= 11 is 0. The largest absolute Gasteiger partial charge is 0.425 e. The number of aliphatic hydroxyl groups excluding tert-OH is 2. The van der Waals surface area contributed by atoms with Crippen molar-refractivity contribution < 1.29 is 34.0 Å². The quantitative estimate of drug-likeness (QED) is 0.0656. The van der Waals surface area contributed by atoms with E-state index >= 15 is 0 Å². The van der Waals surface area contributed by atoms with Crippen LogP contribution in [0.3, 0.4) is 0 Å². The van der Waals surface area contributed by atoms with Crippen molar-refractivity contribution in [2.24, 2.45) is 5.41 Å². The number of amides is 2. The van der Waals surface area contributed by atoms with Crippen molar-refractivity contribution in [2.45, 2.75) is 70.6 Å². The molecule has 0 bridgehead atoms. The summed E-state index contributed by atoms with van der Waals surface area (Å²) in [4.78, 5) is 38.9. The van der Waals surface area contributed by atoms with Crippen LogP contribution in [0.15, 0.2) is 158 Å². The molecule has 2 unspecified atom stereocenters. The van der Waals surface area contributed by atoms with Crippen LogP contribution in [-0.4, -0.2) is 69.7 Å². The summed E-state index contributed by atoms with van der Waals surface area (Å²) in [5.74, 6) is 2.55. The minimum absolute atomic E-state index is 0.132. The van der Waals surface area contributed by atoms with Gasteiger partial charge in [-0.2, -0.15) is 9.97 Å². The Bertz CT molecular complexity index is 2720. The first-order valence-electron chi connectivity index (χ1n) is 21.9. The van der Waals surface area contributed by atoms with Crippen LogP contribution >= 0.6 is 0 Å². The number of carbonyl (C=O) groups is 2. The number of anilines is 3. The van der Waals surface area contributed by atoms with Gasteiger partial charge >= 0.3 is 6.09 Å². The van der Waals surface area contributed by atoms with Crippen LogP contribution in [0, 0.1) is 16.9 Å². The first-order valence-corrected chi connectivity index (χ1v) is 25.4. The van der Waals surface area contributed by atoms with Crippen LogP contribution in [-0.2, 0) is 19.9 Å². The first-order chi connectivity index (χ1) is 31.6. The Labute approximate surface area is 385 Å². The molecule has 13 heteroatoms. The Morgan fingerprint density at radius 1 is 0.742 bits per heavy atom. The van der Waals surface area contributed by atoms with E-state index < -0.39 is 55.6 Å². The molecule has 2 aromatic heterocycles. The standard InChI is InChI=1S/C53H53N5O7Si/c1-52(2,3)49(61)56-50-54-46-43(47(55-50)65-51(62)58(40-28-18-10-19-29-40)41-30-20-11-21-31-41)36(32-33-66(4,5)6)34-57(46)48-45(60)44(59)42(64-48)35-63-53(37-22-12-7-13-23-37,38-24-14-8-15-25-38)39-26-16-9-17-27-39/h7-31,34,42,44-45,48,59-60H,35H2,1-6H3,(H,54,55,56,61)/t42?,44-,45-,48?/m1/s1. The average Bonchev–Trinajstić information content (AvgIpc) is 3.82. The number of ether oxygens (including phenoxy) is 3. The highest BCUT2D eigenvalue weighted by Crippen LogP contribution is 2.43. The highest BCUT2D eigenvalue weighted by molar-refractivity contribution is 6.83. The van der Waals surface area contributed by atoms with Crippen molar-refractivity contribution in [3.05, 3.63) is 180 Å². The molecule has 8 rings (SSSR count). The fourth-order valence-electron chi connectivity index (χ4n) is 7.79. The van der Waals surface area contributed by atoms with Gasteiger partial charge in [0, 0.05) is 11.6 Å². The summed E-state index contributed by atoms with van der Waals surface area (Å²) in [5.41, 5.74) is 5.58. The molecular formula is C53H53N5O7Si. The average molecular weight is 900 g/mol. The molecule has 5 aromatic carbocycles. The van der Waals surface area contributed by atoms with E-state index in [2.05, 4.69) is 41.4 Å². The zero-order valence-electron chi connectivity index (χ0n) is 37.8. The predicted octanol–water partition coefficient (Wildman–Crippen LogP) is 9.61. The number of nitrogens with one attached hydrogen (secondary N) is 1. The second-order valence-electron chi connectivity index (χ2n) is 18.2. The highest BCUT2D eigenvalue weighted by atomic mass is 28.3. The van der Waals surface area contributed by atoms with Crippen LogP contribution < -0.4 is 15.0 Å². The van der Waals surface area contributed by atoms with Gasteiger partial charge in [-0.1, -0.05) is 174 Å². The first kappa shape index (κ1) is 45.6. The zero-order valence-corrected chi connectivity index (χ0v) is 38.8. The lowest BCUT2D eigenvalue weighted by molar-refractivity contribution is -0.123. The maximum absolute atomic E-state index is 14.5. The monoisotopic (exact) mass is 899 g/mol. The molecule has 3 N–H and O–H groups in total. The topological polar surface area (TPSA) is 148 Å². The third-order valence-corrected chi connectivity index (χ3v) is 12.0. The molecule has 0 radical (unpaired) electrons. The number of hydrogen-bond donors (Lipinski definition) is 3. The number of fused-ring (bicyclic) bond motifs is 1. The molecule has 336 valence electrons. The molecule has 0 aliphatic carbocycles. The van der Waals surface area contributed by atoms with Crippen LogP contribution in [0.5, 0.6) is 5.88 Å². The molecular weight excluding hydrogens is 847 g/mol. The van der Waals surface area contributed by atoms with Crippen LogP contribution in [0.4, 0.5) is 22.1 Å². The minimum Gasteiger partial charge on any atom is -0.390 e. The molecule has 1 aliphatic heterocycles. The van der Waals surface area contributed by atoms with E-state index in [4.69, 9.17) is 19.2 Å². The molecule has 12 nitrogen and oxygen atoms in total. The summed E-state index contributed by atoms with van der Waals surface area (Å²) in [7, 11) is -2.03. The van der Waals surface area contributed by atoms with Crippen LogP contribution in [0.25, 0.3) is 11.0 Å². The Hall–Kier alpha value is -6.92. The van der Waals surface area contributed by atoms with Gasteiger partial charge in [0.2, 0.25) is 17.7 Å². The number of benzene rings is 5. The van der Waals surface area contributed by atoms with E-state index in [1.807, 2.05) is 127 Å². The lowest BCUT2D eigenvalue weighted by Crippen LogP contribution is -2.39. The number of nitrogens with zero attached hydrogens (tertiary/aromatic N) is 4. The molecule has 0 saturated carbocycles. The molecule has 66 heavy (non-hydrogen) atoms. The molecule has 7 aromatic rings. The molecule has 4 atom stereocenters. The van der Waals surface area contributed by atoms with E-state index in [-0.39, 0.29) is 29.5 Å². The number of aromatic nitrogens is 3. The Kier molecular flexibility index (Phi) is 13.1. The lowest BCUT2D eigenvalue weighted by atomic mass is 9.80. The van der Waals surface area contributed by atoms with Crippen LogP contribution in [0.2, 0.25) is 19.6 Å². The number of carbonyl (C=O) groups excluding carboxylic acids is 2. The van der Waals surface area contributed by atoms with Crippen molar-refractivity contribution in [3.63, 3.8) is 0 Å². The van der Waals surface area contributed by atoms with Crippen molar-refractivity contribution in [1.82, 2.24) is 14.5 Å². The Morgan fingerprint density at radius 2 is 1.23 bits per heavy atom. The fraction of sp³-hybridized carbons (Fsp3) is 0.245. The summed E-state index contributed by atoms with van der Waals surface area (Å²) in [6, 6.07) is 47.6. The van der Waals surface area contributed by atoms with Gasteiger partial charge in [-0.05, 0) is 41.0 Å². The van der Waals surface area contributed by atoms with Gasteiger partial charge in [0.1, 0.15) is 32.0 Å². The van der Waals surface area contributed by atoms with Gasteiger partial charge in [-0.3, -0.25) is 10.1 Å². The van der Waals surface area contributed by atoms with Gasteiger partial charge < -0.3 is 29.0 Å². The second kappa shape index (κ2) is 18.9. The number of para-hydroxylation sites is 2. The predicted molar refractivity (Wildman–Crippen MR) is 258 cm³/mol. The molecule has 1 aliphatic rings. The summed E-state index contributed by atoms with van der Waals surface area (Å²) in [6.07, 6.45) is -4.34. The Balaban J connectivity index is 1.23. The maximum Gasteiger partial charge on any atom is 0.425 e. The van der Waals surface area contributed by atoms with E-state index in [1.54, 1.807) is 55.8 Å². The number of hydrogen-bond acceptors (Lipinski definition) is 9. The van der Waals surface area contributed by atoms with E-state index in [0.717, 1.165) is 16.7 Å². The lowest BCUT2D eigenvalue weighted by Gasteiger charge is -2.37. The van der Waals surface area contributed by atoms with Crippen LogP contribution in [0.1, 0.15) is 49.3 Å². The SMILES string of the molecule is CC(C)(C)C(=O)Nc1nc(OC(=O)N(c2ccccc2)c2ccccc2)c2c(C#C[Si](C)(C)C)cn(C3OC(COC(c4ccccc4)(c4ccccc4)c4ccccc4)[C@@H](O)[C@H]3O)c2n1. The smallest absolute Gasteiger partial charge is 0.390 e. The third-order valence-electron chi connectivity index (χ3n) is 11.1. The maximum atomic E-state index is 14.5. The third kappa shape index (κ3) is 9.55.